The fourth-order valence-corrected chi connectivity index (χ4v) is 3.78. The number of nitrogens with one attached hydrogen (secondary N) is 1. The van der Waals surface area contributed by atoms with Crippen molar-refractivity contribution in [2.45, 2.75) is 52.7 Å². The Hall–Kier alpha value is -1.75. The van der Waals surface area contributed by atoms with Gasteiger partial charge in [-0.15, -0.1) is 0 Å². The van der Waals surface area contributed by atoms with Crippen LogP contribution in [0.5, 0.6) is 5.75 Å². The maximum Gasteiger partial charge on any atom is 0.237 e. The zero-order valence-electron chi connectivity index (χ0n) is 14.8. The Bertz CT molecular complexity index is 802. The number of Topliss-reactive ketones (excluding diaryl/α,β-unsaturated/α-hetero) is 1. The number of fused-ring (bicyclic) bond motifs is 1. The molecule has 0 radical (unpaired) electrons. The maximum atomic E-state index is 12.2. The summed E-state index contributed by atoms with van der Waals surface area (Å²) >= 11 is 3.61. The first kappa shape index (κ1) is 17.1. The summed E-state index contributed by atoms with van der Waals surface area (Å²) in [7, 11) is 0. The molecule has 0 saturated heterocycles. The number of ketones is 1. The van der Waals surface area contributed by atoms with Crippen molar-refractivity contribution in [2.24, 2.45) is 0 Å². The lowest BCUT2D eigenvalue weighted by molar-refractivity contribution is -0.115. The summed E-state index contributed by atoms with van der Waals surface area (Å²) in [6.07, 6.45) is 1.82. The minimum absolute atomic E-state index is 0.00553. The summed E-state index contributed by atoms with van der Waals surface area (Å²) in [5.74, 6) is 1.89. The first-order valence-electron chi connectivity index (χ1n) is 7.94. The zero-order chi connectivity index (χ0) is 17.9. The molecule has 0 unspecified atom stereocenters. The van der Waals surface area contributed by atoms with Crippen molar-refractivity contribution < 1.29 is 14.3 Å². The van der Waals surface area contributed by atoms with Gasteiger partial charge in [0, 0.05) is 6.08 Å². The van der Waals surface area contributed by atoms with E-state index in [-0.39, 0.29) is 11.2 Å². The van der Waals surface area contributed by atoms with E-state index in [4.69, 9.17) is 9.47 Å². The van der Waals surface area contributed by atoms with Crippen molar-refractivity contribution in [2.75, 3.05) is 5.32 Å². The number of carbonyl (C=O) groups is 1. The van der Waals surface area contributed by atoms with Crippen molar-refractivity contribution in [3.05, 3.63) is 45.3 Å². The summed E-state index contributed by atoms with van der Waals surface area (Å²) in [5, 5.41) is 3.41. The minimum Gasteiger partial charge on any atom is -0.466 e. The Morgan fingerprint density at radius 3 is 2.50 bits per heavy atom. The molecule has 1 N–H and O–H groups in total. The molecule has 0 saturated carbocycles. The number of ether oxygens (including phenoxy) is 2. The lowest BCUT2D eigenvalue weighted by atomic mass is 9.87. The first-order chi connectivity index (χ1) is 11.0. The van der Waals surface area contributed by atoms with Gasteiger partial charge in [-0.25, -0.2) is 0 Å². The second-order valence-electron chi connectivity index (χ2n) is 7.39. The summed E-state index contributed by atoms with van der Waals surface area (Å²) in [4.78, 5) is 12.2. The molecule has 0 aliphatic carbocycles. The van der Waals surface area contributed by atoms with Crippen LogP contribution in [0.2, 0.25) is 0 Å². The highest BCUT2D eigenvalue weighted by Gasteiger charge is 2.47. The van der Waals surface area contributed by atoms with Gasteiger partial charge in [0.2, 0.25) is 5.72 Å². The highest BCUT2D eigenvalue weighted by atomic mass is 79.9. The number of rotatable bonds is 1. The molecule has 0 bridgehead atoms. The Balaban J connectivity index is 2.14. The molecule has 0 fully saturated rings. The van der Waals surface area contributed by atoms with Gasteiger partial charge in [0.25, 0.3) is 0 Å². The van der Waals surface area contributed by atoms with Gasteiger partial charge in [-0.3, -0.25) is 4.79 Å². The molecule has 3 rings (SSSR count). The highest BCUT2D eigenvalue weighted by molar-refractivity contribution is 9.10. The predicted molar refractivity (Wildman–Crippen MR) is 98.0 cm³/mol. The molecule has 1 aromatic carbocycles. The van der Waals surface area contributed by atoms with Crippen molar-refractivity contribution >= 4 is 27.4 Å². The Morgan fingerprint density at radius 1 is 1.25 bits per heavy atom. The lowest BCUT2D eigenvalue weighted by Crippen LogP contribution is -2.45. The smallest absolute Gasteiger partial charge is 0.237 e. The van der Waals surface area contributed by atoms with Gasteiger partial charge in [-0.1, -0.05) is 20.8 Å². The predicted octanol–water partition coefficient (Wildman–Crippen LogP) is 5.04. The molecule has 0 amide bonds. The van der Waals surface area contributed by atoms with Gasteiger partial charge in [-0.2, -0.15) is 0 Å². The average Bonchev–Trinajstić information content (AvgIpc) is 2.74. The van der Waals surface area contributed by atoms with Gasteiger partial charge < -0.3 is 14.8 Å². The van der Waals surface area contributed by atoms with E-state index in [0.717, 1.165) is 10.2 Å². The van der Waals surface area contributed by atoms with Crippen molar-refractivity contribution in [3.63, 3.8) is 0 Å². The molecule has 24 heavy (non-hydrogen) atoms. The van der Waals surface area contributed by atoms with Crippen LogP contribution in [0.4, 0.5) is 5.69 Å². The molecule has 5 heteroatoms. The molecule has 4 nitrogen and oxygen atoms in total. The molecule has 128 valence electrons. The second kappa shape index (κ2) is 5.38. The third-order valence-electron chi connectivity index (χ3n) is 4.29. The first-order valence-corrected chi connectivity index (χ1v) is 8.73. The van der Waals surface area contributed by atoms with E-state index in [9.17, 15) is 4.79 Å². The summed E-state index contributed by atoms with van der Waals surface area (Å²) < 4.78 is 12.8. The van der Waals surface area contributed by atoms with Gasteiger partial charge in [0.15, 0.2) is 11.5 Å². The minimum atomic E-state index is -1.01. The van der Waals surface area contributed by atoms with Crippen LogP contribution in [0.25, 0.3) is 0 Å². The molecule has 0 aromatic heterocycles. The van der Waals surface area contributed by atoms with Crippen LogP contribution < -0.4 is 10.1 Å². The van der Waals surface area contributed by atoms with Crippen molar-refractivity contribution in [1.82, 2.24) is 0 Å². The maximum absolute atomic E-state index is 12.2. The van der Waals surface area contributed by atoms with Gasteiger partial charge in [0.05, 0.1) is 10.2 Å². The van der Waals surface area contributed by atoms with Crippen LogP contribution in [-0.4, -0.2) is 11.5 Å². The van der Waals surface area contributed by atoms with Crippen LogP contribution in [0.3, 0.4) is 0 Å². The third kappa shape index (κ3) is 2.65. The topological polar surface area (TPSA) is 47.6 Å². The number of anilines is 1. The largest absolute Gasteiger partial charge is 0.466 e. The SMILES string of the molecule is CC(=O)C1=C(C)OC(C)=C[C@]12Nc1cc(C(C)(C)C)cc(Br)c1O2. The average molecular weight is 392 g/mol. The molecule has 2 aliphatic rings. The van der Waals surface area contributed by atoms with Gasteiger partial charge in [0.1, 0.15) is 17.1 Å². The molecule has 2 aliphatic heterocycles. The Labute approximate surface area is 151 Å². The standard InChI is InChI=1S/C19H22BrNO3/c1-10-9-19(16(11(2)22)12(3)23-10)21-15-8-13(18(4,5)6)7-14(20)17(15)24-19/h7-9,21H,1-6H3/t19-/m1/s1. The van der Waals surface area contributed by atoms with Crippen LogP contribution in [0.1, 0.15) is 47.1 Å². The number of hydrogen-bond acceptors (Lipinski definition) is 4. The number of benzene rings is 1. The van der Waals surface area contributed by atoms with E-state index < -0.39 is 5.72 Å². The Kier molecular flexibility index (Phi) is 3.83. The highest BCUT2D eigenvalue weighted by Crippen LogP contribution is 2.49. The van der Waals surface area contributed by atoms with E-state index in [1.807, 2.05) is 13.0 Å². The van der Waals surface area contributed by atoms with E-state index in [0.29, 0.717) is 22.8 Å². The molecule has 1 spiro atoms. The summed E-state index contributed by atoms with van der Waals surface area (Å²) in [6.45, 7) is 11.7. The van der Waals surface area contributed by atoms with Gasteiger partial charge >= 0.3 is 0 Å². The summed E-state index contributed by atoms with van der Waals surface area (Å²) in [6, 6.07) is 4.15. The normalized spacial score (nSPS) is 22.5. The number of hydrogen-bond donors (Lipinski definition) is 1. The number of carbonyl (C=O) groups excluding carboxylic acids is 1. The van der Waals surface area contributed by atoms with E-state index >= 15 is 0 Å². The molecular formula is C19H22BrNO3. The van der Waals surface area contributed by atoms with Crippen LogP contribution in [0, 0.1) is 0 Å². The van der Waals surface area contributed by atoms with Crippen molar-refractivity contribution in [3.8, 4) is 5.75 Å². The third-order valence-corrected chi connectivity index (χ3v) is 4.88. The van der Waals surface area contributed by atoms with Crippen molar-refractivity contribution in [1.29, 1.82) is 0 Å². The van der Waals surface area contributed by atoms with E-state index in [1.54, 1.807) is 6.92 Å². The van der Waals surface area contributed by atoms with Gasteiger partial charge in [-0.05, 0) is 59.8 Å². The van der Waals surface area contributed by atoms with Crippen LogP contribution in [0.15, 0.2) is 39.8 Å². The second-order valence-corrected chi connectivity index (χ2v) is 8.25. The Morgan fingerprint density at radius 2 is 1.92 bits per heavy atom. The monoisotopic (exact) mass is 391 g/mol. The zero-order valence-corrected chi connectivity index (χ0v) is 16.4. The molecule has 1 atom stereocenters. The molecule has 1 aromatic rings. The van der Waals surface area contributed by atoms with Crippen LogP contribution >= 0.6 is 15.9 Å². The van der Waals surface area contributed by atoms with E-state index in [2.05, 4.69) is 54.2 Å². The quantitative estimate of drug-likeness (QED) is 0.727. The molecule has 2 heterocycles. The fraction of sp³-hybridized carbons (Fsp3) is 0.421. The number of allylic oxidation sites excluding steroid dienone is 2. The fourth-order valence-electron chi connectivity index (χ4n) is 3.24. The lowest BCUT2D eigenvalue weighted by Gasteiger charge is -2.32. The molecular weight excluding hydrogens is 370 g/mol. The van der Waals surface area contributed by atoms with Crippen LogP contribution in [-0.2, 0) is 14.9 Å². The summed E-state index contributed by atoms with van der Waals surface area (Å²) in [5.41, 5.74) is 1.53. The number of halogens is 1. The van der Waals surface area contributed by atoms with E-state index in [1.165, 1.54) is 12.5 Å².